The number of rotatable bonds is 5. The van der Waals surface area contributed by atoms with E-state index in [2.05, 4.69) is 0 Å². The lowest BCUT2D eigenvalue weighted by atomic mass is 9.90. The lowest BCUT2D eigenvalue weighted by Crippen LogP contribution is -2.58. The zero-order chi connectivity index (χ0) is 24.7. The van der Waals surface area contributed by atoms with E-state index >= 15 is 0 Å². The number of amidine groups is 1. The molecule has 5 N–H and O–H groups in total. The van der Waals surface area contributed by atoms with Crippen LogP contribution in [0.2, 0.25) is 0 Å². The summed E-state index contributed by atoms with van der Waals surface area (Å²) in [5.74, 6) is -0.212. The van der Waals surface area contributed by atoms with Crippen LogP contribution in [0.15, 0.2) is 60.7 Å². The second-order valence-corrected chi connectivity index (χ2v) is 10.1. The molecule has 1 fully saturated rings. The largest absolute Gasteiger partial charge is 0.627 e. The topological polar surface area (TPSA) is 119 Å². The van der Waals surface area contributed by atoms with Crippen molar-refractivity contribution in [2.75, 3.05) is 7.05 Å². The Bertz CT molecular complexity index is 1280. The monoisotopic (exact) mass is 471 g/mol. The predicted molar refractivity (Wildman–Crippen MR) is 141 cm³/mol. The van der Waals surface area contributed by atoms with Gasteiger partial charge in [0, 0.05) is 48.3 Å². The summed E-state index contributed by atoms with van der Waals surface area (Å²) >= 11 is 0. The quantitative estimate of drug-likeness (QED) is 0.227. The molecule has 2 unspecified atom stereocenters. The van der Waals surface area contributed by atoms with Gasteiger partial charge in [-0.05, 0) is 36.5 Å². The molecule has 5 rings (SSSR count). The highest BCUT2D eigenvalue weighted by Crippen LogP contribution is 2.42. The fourth-order valence-electron chi connectivity index (χ4n) is 5.83. The molecule has 1 aliphatic heterocycles. The molecule has 0 radical (unpaired) electrons. The normalized spacial score (nSPS) is 25.9. The lowest BCUT2D eigenvalue weighted by molar-refractivity contribution is -0.137. The van der Waals surface area contributed by atoms with Crippen molar-refractivity contribution in [1.82, 2.24) is 9.55 Å². The maximum atomic E-state index is 14.9. The van der Waals surface area contributed by atoms with E-state index in [1.54, 1.807) is 17.0 Å². The standard InChI is InChI=1S/C28H33N5O2/c1-32(23-13-11-22(29)12-14-23)28(34)26-15-19-9-10-20(27(30)31)16-25(19)33(26,35)17-21-7-4-6-18-5-2-3-8-24(18)21/h2-10,16,22-23,26H,11-15,17,29H2,1H3,(H3,30,31). The van der Waals surface area contributed by atoms with Gasteiger partial charge in [0.05, 0.1) is 0 Å². The van der Waals surface area contributed by atoms with E-state index < -0.39 is 10.7 Å². The Hall–Kier alpha value is -3.26. The molecule has 0 aromatic heterocycles. The fraction of sp³-hybridized carbons (Fsp3) is 0.357. The van der Waals surface area contributed by atoms with Gasteiger partial charge in [0.25, 0.3) is 5.91 Å². The van der Waals surface area contributed by atoms with Gasteiger partial charge in [0.2, 0.25) is 0 Å². The van der Waals surface area contributed by atoms with Gasteiger partial charge in [-0.1, -0.05) is 54.6 Å². The first kappa shape index (κ1) is 23.5. The third-order valence-electron chi connectivity index (χ3n) is 7.93. The van der Waals surface area contributed by atoms with Crippen LogP contribution in [0.4, 0.5) is 5.69 Å². The Morgan fingerprint density at radius 1 is 1.09 bits per heavy atom. The second-order valence-electron chi connectivity index (χ2n) is 10.1. The minimum Gasteiger partial charge on any atom is -0.627 e. The summed E-state index contributed by atoms with van der Waals surface area (Å²) in [6.45, 7) is 0.134. The number of hydrogen-bond acceptors (Lipinski definition) is 4. The Labute approximate surface area is 206 Å². The summed E-state index contributed by atoms with van der Waals surface area (Å²) < 4.78 is -0.778. The van der Waals surface area contributed by atoms with Crippen molar-refractivity contribution in [3.05, 3.63) is 82.6 Å². The Balaban J connectivity index is 1.55. The summed E-state index contributed by atoms with van der Waals surface area (Å²) in [5.41, 5.74) is 14.6. The van der Waals surface area contributed by atoms with Crippen LogP contribution in [0.1, 0.15) is 42.4 Å². The summed E-state index contributed by atoms with van der Waals surface area (Å²) in [6.07, 6.45) is 3.88. The van der Waals surface area contributed by atoms with Crippen LogP contribution in [0.25, 0.3) is 10.8 Å². The first-order valence-electron chi connectivity index (χ1n) is 12.3. The molecule has 1 aliphatic carbocycles. The highest BCUT2D eigenvalue weighted by atomic mass is 16.6. The van der Waals surface area contributed by atoms with Crippen LogP contribution in [-0.4, -0.2) is 41.8 Å². The molecule has 2 aliphatic rings. The number of benzene rings is 3. The molecule has 0 saturated heterocycles. The molecule has 7 heteroatoms. The Morgan fingerprint density at radius 3 is 2.54 bits per heavy atom. The van der Waals surface area contributed by atoms with Gasteiger partial charge in [0.1, 0.15) is 18.1 Å². The van der Waals surface area contributed by atoms with Crippen LogP contribution < -0.4 is 16.1 Å². The zero-order valence-electron chi connectivity index (χ0n) is 20.1. The number of likely N-dealkylation sites (N-methyl/N-ethyl adjacent to an activating group) is 1. The van der Waals surface area contributed by atoms with Crippen LogP contribution in [0, 0.1) is 10.6 Å². The summed E-state index contributed by atoms with van der Waals surface area (Å²) in [4.78, 5) is 15.7. The van der Waals surface area contributed by atoms with Gasteiger partial charge in [-0.25, -0.2) is 0 Å². The maximum Gasteiger partial charge on any atom is 0.282 e. The minimum absolute atomic E-state index is 0.0880. The number of hydroxylamine groups is 2. The van der Waals surface area contributed by atoms with Crippen molar-refractivity contribution >= 4 is 28.2 Å². The molecule has 0 spiro atoms. The second kappa shape index (κ2) is 9.07. The number of amides is 1. The Kier molecular flexibility index (Phi) is 6.09. The fourth-order valence-corrected chi connectivity index (χ4v) is 5.83. The van der Waals surface area contributed by atoms with Crippen LogP contribution in [0.3, 0.4) is 0 Å². The van der Waals surface area contributed by atoms with Crippen molar-refractivity contribution in [3.63, 3.8) is 0 Å². The lowest BCUT2D eigenvalue weighted by Gasteiger charge is -2.45. The average Bonchev–Trinajstić information content (AvgIpc) is 3.15. The maximum absolute atomic E-state index is 14.9. The summed E-state index contributed by atoms with van der Waals surface area (Å²) in [6, 6.07) is 18.8. The van der Waals surface area contributed by atoms with Gasteiger partial charge >= 0.3 is 0 Å². The molecule has 7 nitrogen and oxygen atoms in total. The third kappa shape index (κ3) is 4.20. The zero-order valence-corrected chi connectivity index (χ0v) is 20.1. The highest BCUT2D eigenvalue weighted by molar-refractivity contribution is 5.97. The van der Waals surface area contributed by atoms with Crippen molar-refractivity contribution in [1.29, 1.82) is 5.41 Å². The number of nitrogens with zero attached hydrogens (tertiary/aromatic N) is 2. The summed E-state index contributed by atoms with van der Waals surface area (Å²) in [5, 5.41) is 24.9. The molecule has 0 bridgehead atoms. The average molecular weight is 472 g/mol. The first-order valence-corrected chi connectivity index (χ1v) is 12.3. The highest BCUT2D eigenvalue weighted by Gasteiger charge is 2.47. The molecule has 35 heavy (non-hydrogen) atoms. The molecule has 1 heterocycles. The van der Waals surface area contributed by atoms with Crippen molar-refractivity contribution < 1.29 is 4.79 Å². The number of carbonyl (C=O) groups excluding carboxylic acids is 1. The molecule has 3 aromatic carbocycles. The molecule has 2 atom stereocenters. The van der Waals surface area contributed by atoms with Crippen molar-refractivity contribution in [2.24, 2.45) is 11.5 Å². The minimum atomic E-state index is -0.785. The molecule has 1 saturated carbocycles. The van der Waals surface area contributed by atoms with Crippen LogP contribution in [0.5, 0.6) is 0 Å². The molecule has 3 aromatic rings. The number of nitrogens with two attached hydrogens (primary N) is 2. The van der Waals surface area contributed by atoms with E-state index in [9.17, 15) is 10.0 Å². The third-order valence-corrected chi connectivity index (χ3v) is 7.93. The van der Waals surface area contributed by atoms with Crippen LogP contribution >= 0.6 is 0 Å². The van der Waals surface area contributed by atoms with E-state index in [1.807, 2.05) is 55.6 Å². The molecule has 1 amide bonds. The van der Waals surface area contributed by atoms with E-state index in [-0.39, 0.29) is 30.4 Å². The summed E-state index contributed by atoms with van der Waals surface area (Å²) in [7, 11) is 1.83. The van der Waals surface area contributed by atoms with Gasteiger partial charge in [-0.3, -0.25) is 10.2 Å². The number of fused-ring (bicyclic) bond motifs is 2. The van der Waals surface area contributed by atoms with E-state index in [1.165, 1.54) is 0 Å². The molecular formula is C28H33N5O2. The number of nitrogen functional groups attached to an aromatic ring is 1. The van der Waals surface area contributed by atoms with E-state index in [4.69, 9.17) is 16.9 Å². The van der Waals surface area contributed by atoms with E-state index in [0.29, 0.717) is 17.7 Å². The van der Waals surface area contributed by atoms with Gasteiger partial charge < -0.3 is 26.2 Å². The first-order chi connectivity index (χ1) is 16.8. The van der Waals surface area contributed by atoms with Gasteiger partial charge in [0.15, 0.2) is 6.04 Å². The van der Waals surface area contributed by atoms with E-state index in [0.717, 1.165) is 47.6 Å². The SMILES string of the molecule is CN(C(=O)C1Cc2ccc(C(=N)N)cc2[N+]1([O-])Cc1cccc2ccccc12)C1CCC(N)CC1. The molecular weight excluding hydrogens is 438 g/mol. The Morgan fingerprint density at radius 2 is 1.80 bits per heavy atom. The molecule has 182 valence electrons. The van der Waals surface area contributed by atoms with Crippen LogP contribution in [-0.2, 0) is 17.8 Å². The smallest absolute Gasteiger partial charge is 0.282 e. The van der Waals surface area contributed by atoms with Gasteiger partial charge in [-0.2, -0.15) is 0 Å². The predicted octanol–water partition coefficient (Wildman–Crippen LogP) is 3.78. The number of hydrogen-bond donors (Lipinski definition) is 3. The number of quaternary nitrogens is 1. The number of nitrogens with one attached hydrogen (secondary N) is 1. The van der Waals surface area contributed by atoms with Gasteiger partial charge in [-0.15, -0.1) is 0 Å². The van der Waals surface area contributed by atoms with Crippen molar-refractivity contribution in [3.8, 4) is 0 Å². The van der Waals surface area contributed by atoms with Crippen molar-refractivity contribution in [2.45, 2.75) is 56.8 Å². The number of carbonyl (C=O) groups is 1.